The van der Waals surface area contributed by atoms with Crippen LogP contribution in [0.15, 0.2) is 42.3 Å². The highest BCUT2D eigenvalue weighted by molar-refractivity contribution is 5.91. The molecule has 4 N–H and O–H groups in total. The Morgan fingerprint density at radius 3 is 2.12 bits per heavy atom. The summed E-state index contributed by atoms with van der Waals surface area (Å²) in [6.45, 7) is 7.44. The Balaban J connectivity index is 2.79. The van der Waals surface area contributed by atoms with Gasteiger partial charge in [-0.1, -0.05) is 58.0 Å². The van der Waals surface area contributed by atoms with Gasteiger partial charge in [-0.2, -0.15) is 0 Å². The topological polar surface area (TPSA) is 145 Å². The van der Waals surface area contributed by atoms with Crippen molar-refractivity contribution in [3.63, 3.8) is 0 Å². The molecule has 180 valence electrons. The maximum Gasteiger partial charge on any atom is 0.408 e. The molecule has 2 atom stereocenters. The predicted octanol–water partition coefficient (Wildman–Crippen LogP) is 3.23. The van der Waals surface area contributed by atoms with Gasteiger partial charge >= 0.3 is 12.3 Å². The monoisotopic (exact) mass is 460 g/mol. The number of carbonyl (C=O) groups is 3. The molecular formula is C23H34N5O5+. The zero-order chi connectivity index (χ0) is 24.8. The zero-order valence-electron chi connectivity index (χ0n) is 19.6. The average Bonchev–Trinajstić information content (AvgIpc) is 2.75. The second-order valence-corrected chi connectivity index (χ2v) is 8.53. The Kier molecular flexibility index (Phi) is 12.0. The van der Waals surface area contributed by atoms with E-state index in [1.807, 2.05) is 58.0 Å². The van der Waals surface area contributed by atoms with Crippen molar-refractivity contribution in [1.29, 1.82) is 5.39 Å². The quantitative estimate of drug-likeness (QED) is 0.278. The summed E-state index contributed by atoms with van der Waals surface area (Å²) >= 11 is 0. The van der Waals surface area contributed by atoms with Crippen molar-refractivity contribution in [1.82, 2.24) is 16.0 Å². The Labute approximate surface area is 194 Å². The molecule has 0 heterocycles. The van der Waals surface area contributed by atoms with E-state index < -0.39 is 30.0 Å². The molecule has 0 fully saturated rings. The lowest BCUT2D eigenvalue weighted by Gasteiger charge is -2.24. The van der Waals surface area contributed by atoms with Crippen LogP contribution in [-0.4, -0.2) is 41.6 Å². The van der Waals surface area contributed by atoms with E-state index in [9.17, 15) is 19.5 Å². The molecule has 10 heteroatoms. The highest BCUT2D eigenvalue weighted by atomic mass is 16.5. The van der Waals surface area contributed by atoms with Gasteiger partial charge in [0.1, 0.15) is 18.7 Å². The van der Waals surface area contributed by atoms with Crippen molar-refractivity contribution in [2.24, 2.45) is 11.8 Å². The first-order valence-corrected chi connectivity index (χ1v) is 10.9. The SMILES string of the molecule is CC(C)C[C@H](NC(=O)OCc1ccccc1)C(=O)N[C@@H](CC(C)C)C(=O)NC/C(O)=C/[N+]#N. The van der Waals surface area contributed by atoms with Gasteiger partial charge in [-0.05, 0) is 30.2 Å². The Morgan fingerprint density at radius 2 is 1.58 bits per heavy atom. The van der Waals surface area contributed by atoms with Crippen LogP contribution in [-0.2, 0) is 20.9 Å². The van der Waals surface area contributed by atoms with E-state index in [2.05, 4.69) is 20.9 Å². The minimum Gasteiger partial charge on any atom is -0.504 e. The van der Waals surface area contributed by atoms with Crippen LogP contribution in [0, 0.1) is 17.2 Å². The van der Waals surface area contributed by atoms with Gasteiger partial charge in [0.15, 0.2) is 10.7 Å². The summed E-state index contributed by atoms with van der Waals surface area (Å²) in [7, 11) is 0. The molecule has 1 rings (SSSR count). The molecule has 0 saturated carbocycles. The first kappa shape index (κ1) is 27.4. The van der Waals surface area contributed by atoms with Gasteiger partial charge in [-0.15, -0.1) is 0 Å². The van der Waals surface area contributed by atoms with Crippen molar-refractivity contribution in [2.75, 3.05) is 6.54 Å². The molecule has 33 heavy (non-hydrogen) atoms. The van der Waals surface area contributed by atoms with Crippen LogP contribution in [0.2, 0.25) is 0 Å². The van der Waals surface area contributed by atoms with E-state index in [1.165, 1.54) is 0 Å². The lowest BCUT2D eigenvalue weighted by atomic mass is 10.00. The van der Waals surface area contributed by atoms with Crippen molar-refractivity contribution in [3.8, 4) is 0 Å². The Bertz CT molecular complexity index is 849. The molecule has 0 bridgehead atoms. The normalized spacial score (nSPS) is 13.1. The fourth-order valence-electron chi connectivity index (χ4n) is 3.00. The summed E-state index contributed by atoms with van der Waals surface area (Å²) in [5.74, 6) is -1.18. The molecule has 1 aromatic rings. The third kappa shape index (κ3) is 11.5. The Morgan fingerprint density at radius 1 is 1.00 bits per heavy atom. The van der Waals surface area contributed by atoms with Gasteiger partial charge in [-0.25, -0.2) is 4.79 Å². The molecule has 0 saturated heterocycles. The minimum atomic E-state index is -0.891. The van der Waals surface area contributed by atoms with E-state index >= 15 is 0 Å². The molecule has 0 aliphatic rings. The summed E-state index contributed by atoms with van der Waals surface area (Å²) < 4.78 is 5.22. The lowest BCUT2D eigenvalue weighted by Crippen LogP contribution is -2.54. The highest BCUT2D eigenvalue weighted by Gasteiger charge is 2.28. The first-order chi connectivity index (χ1) is 15.6. The van der Waals surface area contributed by atoms with Gasteiger partial charge in [0.2, 0.25) is 17.2 Å². The number of nitrogens with zero attached hydrogens (tertiary/aromatic N) is 2. The molecule has 0 aliphatic carbocycles. The van der Waals surface area contributed by atoms with Crippen LogP contribution in [0.1, 0.15) is 46.1 Å². The third-order valence-corrected chi connectivity index (χ3v) is 4.52. The van der Waals surface area contributed by atoms with Gasteiger partial charge in [0.25, 0.3) is 0 Å². The molecule has 0 radical (unpaired) electrons. The largest absolute Gasteiger partial charge is 0.504 e. The molecule has 0 unspecified atom stereocenters. The number of nitrogens with one attached hydrogen (secondary N) is 3. The summed E-state index contributed by atoms with van der Waals surface area (Å²) in [6, 6.07) is 7.39. The van der Waals surface area contributed by atoms with E-state index in [0.717, 1.165) is 11.8 Å². The van der Waals surface area contributed by atoms with E-state index in [4.69, 9.17) is 10.1 Å². The zero-order valence-corrected chi connectivity index (χ0v) is 19.6. The van der Waals surface area contributed by atoms with Crippen LogP contribution >= 0.6 is 0 Å². The smallest absolute Gasteiger partial charge is 0.408 e. The number of aliphatic hydroxyl groups is 1. The maximum absolute atomic E-state index is 13.0. The van der Waals surface area contributed by atoms with Crippen LogP contribution in [0.4, 0.5) is 4.79 Å². The van der Waals surface area contributed by atoms with Gasteiger partial charge < -0.3 is 25.8 Å². The van der Waals surface area contributed by atoms with Crippen LogP contribution in [0.3, 0.4) is 0 Å². The molecule has 10 nitrogen and oxygen atoms in total. The van der Waals surface area contributed by atoms with E-state index in [-0.39, 0.29) is 30.7 Å². The number of diazo groups is 1. The number of ether oxygens (including phenoxy) is 1. The van der Waals surface area contributed by atoms with Crippen LogP contribution < -0.4 is 16.0 Å². The number of hydrogen-bond donors (Lipinski definition) is 4. The average molecular weight is 461 g/mol. The maximum atomic E-state index is 13.0. The highest BCUT2D eigenvalue weighted by Crippen LogP contribution is 2.10. The van der Waals surface area contributed by atoms with Crippen molar-refractivity contribution < 1.29 is 24.2 Å². The lowest BCUT2D eigenvalue weighted by molar-refractivity contribution is -0.130. The summed E-state index contributed by atoms with van der Waals surface area (Å²) in [5, 5.41) is 25.7. The second kappa shape index (κ2) is 14.5. The molecule has 3 amide bonds. The summed E-state index contributed by atoms with van der Waals surface area (Å²) in [4.78, 5) is 40.5. The van der Waals surface area contributed by atoms with Crippen molar-refractivity contribution in [2.45, 2.75) is 59.2 Å². The fraction of sp³-hybridized carbons (Fsp3) is 0.522. The van der Waals surface area contributed by atoms with Gasteiger partial charge in [0, 0.05) is 0 Å². The van der Waals surface area contributed by atoms with Crippen LogP contribution in [0.5, 0.6) is 0 Å². The predicted molar refractivity (Wildman–Crippen MR) is 123 cm³/mol. The first-order valence-electron chi connectivity index (χ1n) is 10.9. The number of amides is 3. The van der Waals surface area contributed by atoms with Crippen molar-refractivity contribution >= 4 is 17.9 Å². The number of rotatable bonds is 12. The molecule has 0 spiro atoms. The fourth-order valence-corrected chi connectivity index (χ4v) is 3.00. The van der Waals surface area contributed by atoms with Gasteiger partial charge in [0.05, 0.1) is 6.54 Å². The minimum absolute atomic E-state index is 0.0677. The standard InChI is InChI=1S/C23H33N5O5/c1-15(2)10-19(21(30)25-12-18(29)13-26-24)27-22(31)20(11-16(3)4)28-23(32)33-14-17-8-6-5-7-9-17/h5-9,13,15-16,19-20H,10-12,14H2,1-4H3,(H3-,25,27,28,29,30,31,32)/p+1/b18-13-/t19-,20-/m0/s1. The van der Waals surface area contributed by atoms with Gasteiger partial charge in [-0.3, -0.25) is 9.59 Å². The summed E-state index contributed by atoms with van der Waals surface area (Å²) in [5.41, 5.74) is 0.817. The molecule has 0 aliphatic heterocycles. The molecule has 0 aromatic heterocycles. The number of carbonyl (C=O) groups excluding carboxylic acids is 3. The van der Waals surface area contributed by atoms with E-state index in [1.54, 1.807) is 0 Å². The number of aliphatic hydroxyl groups excluding tert-OH is 1. The number of benzene rings is 1. The molecular weight excluding hydrogens is 426 g/mol. The van der Waals surface area contributed by atoms with Crippen LogP contribution in [0.25, 0.3) is 4.98 Å². The summed E-state index contributed by atoms with van der Waals surface area (Å²) in [6.07, 6.45) is 0.760. The Hall–Kier alpha value is -3.61. The second-order valence-electron chi connectivity index (χ2n) is 8.53. The number of alkyl carbamates (subject to hydrolysis) is 1. The van der Waals surface area contributed by atoms with Crippen molar-refractivity contribution in [3.05, 3.63) is 52.8 Å². The number of hydrogen-bond acceptors (Lipinski definition) is 6. The molecule has 1 aromatic carbocycles. The van der Waals surface area contributed by atoms with E-state index in [0.29, 0.717) is 12.8 Å². The third-order valence-electron chi connectivity index (χ3n) is 4.52.